The molecule has 1 aromatic heterocycles. The van der Waals surface area contributed by atoms with Crippen LogP contribution in [0.3, 0.4) is 0 Å². The molecule has 0 saturated heterocycles. The first-order valence-corrected chi connectivity index (χ1v) is 6.02. The minimum atomic E-state index is -0.871. The van der Waals surface area contributed by atoms with Gasteiger partial charge in [0, 0.05) is 13.0 Å². The molecule has 3 N–H and O–H groups in total. The van der Waals surface area contributed by atoms with Gasteiger partial charge in [-0.25, -0.2) is 4.79 Å². The second-order valence-electron chi connectivity index (χ2n) is 3.23. The summed E-state index contributed by atoms with van der Waals surface area (Å²) in [7, 11) is 0. The molecular formula is C9H14N4O3S. The summed E-state index contributed by atoms with van der Waals surface area (Å²) in [5.41, 5.74) is 0. The maximum Gasteiger partial charge on any atom is 0.321 e. The zero-order valence-corrected chi connectivity index (χ0v) is 10.2. The van der Waals surface area contributed by atoms with Crippen molar-refractivity contribution in [1.82, 2.24) is 15.5 Å². The quantitative estimate of drug-likeness (QED) is 0.662. The molecule has 0 spiro atoms. The Balaban J connectivity index is 2.22. The highest BCUT2D eigenvalue weighted by Gasteiger charge is 2.06. The Morgan fingerprint density at radius 3 is 2.76 bits per heavy atom. The molecule has 0 aliphatic rings. The number of carbonyl (C=O) groups is 2. The molecule has 0 fully saturated rings. The highest BCUT2D eigenvalue weighted by Crippen LogP contribution is 2.14. The highest BCUT2D eigenvalue weighted by molar-refractivity contribution is 7.15. The number of aromatic nitrogens is 2. The number of nitrogens with zero attached hydrogens (tertiary/aromatic N) is 2. The van der Waals surface area contributed by atoms with Crippen molar-refractivity contribution in [3.8, 4) is 0 Å². The zero-order valence-electron chi connectivity index (χ0n) is 9.39. The van der Waals surface area contributed by atoms with Gasteiger partial charge in [-0.2, -0.15) is 0 Å². The standard InChI is InChI=1S/C9H14N4O3S/c1-2-6-12-13-9(17-6)11-8(16)10-5-3-4-7(14)15/h2-5H2,1H3,(H,14,15)(H2,10,11,13,16). The molecule has 0 unspecified atom stereocenters. The molecule has 0 radical (unpaired) electrons. The van der Waals surface area contributed by atoms with E-state index in [9.17, 15) is 9.59 Å². The van der Waals surface area contributed by atoms with E-state index in [-0.39, 0.29) is 6.42 Å². The summed E-state index contributed by atoms with van der Waals surface area (Å²) in [5.74, 6) is -0.871. The van der Waals surface area contributed by atoms with Crippen LogP contribution in [0.5, 0.6) is 0 Å². The van der Waals surface area contributed by atoms with Gasteiger partial charge in [0.2, 0.25) is 5.13 Å². The van der Waals surface area contributed by atoms with E-state index in [1.54, 1.807) is 0 Å². The number of rotatable bonds is 6. The van der Waals surface area contributed by atoms with Gasteiger partial charge in [0.1, 0.15) is 5.01 Å². The van der Waals surface area contributed by atoms with Gasteiger partial charge in [-0.15, -0.1) is 10.2 Å². The molecule has 1 heterocycles. The van der Waals surface area contributed by atoms with E-state index in [0.717, 1.165) is 11.4 Å². The Morgan fingerprint density at radius 1 is 1.41 bits per heavy atom. The lowest BCUT2D eigenvalue weighted by Gasteiger charge is -2.03. The fourth-order valence-corrected chi connectivity index (χ4v) is 1.70. The Morgan fingerprint density at radius 2 is 2.18 bits per heavy atom. The SMILES string of the molecule is CCc1nnc(NC(=O)NCCCC(=O)O)s1. The van der Waals surface area contributed by atoms with Gasteiger partial charge < -0.3 is 10.4 Å². The molecule has 0 aromatic carbocycles. The van der Waals surface area contributed by atoms with Gasteiger partial charge in [0.25, 0.3) is 0 Å². The van der Waals surface area contributed by atoms with Gasteiger partial charge in [-0.3, -0.25) is 10.1 Å². The van der Waals surface area contributed by atoms with Crippen LogP contribution < -0.4 is 10.6 Å². The number of nitrogens with one attached hydrogen (secondary N) is 2. The van der Waals surface area contributed by atoms with E-state index in [2.05, 4.69) is 20.8 Å². The van der Waals surface area contributed by atoms with Gasteiger partial charge in [-0.1, -0.05) is 18.3 Å². The van der Waals surface area contributed by atoms with Crippen LogP contribution in [0.15, 0.2) is 0 Å². The Hall–Kier alpha value is -1.70. The third kappa shape index (κ3) is 5.25. The summed E-state index contributed by atoms with van der Waals surface area (Å²) in [6, 6.07) is -0.394. The zero-order chi connectivity index (χ0) is 12.7. The molecule has 0 saturated carbocycles. The van der Waals surface area contributed by atoms with Gasteiger partial charge in [0.05, 0.1) is 0 Å². The number of hydrogen-bond acceptors (Lipinski definition) is 5. The molecule has 1 aromatic rings. The number of aliphatic carboxylic acids is 1. The molecule has 0 atom stereocenters. The molecule has 0 aliphatic heterocycles. The predicted octanol–water partition coefficient (Wildman–Crippen LogP) is 1.09. The molecule has 1 rings (SSSR count). The van der Waals surface area contributed by atoms with Crippen LogP contribution in [0.2, 0.25) is 0 Å². The number of urea groups is 1. The van der Waals surface area contributed by atoms with Crippen molar-refractivity contribution in [2.75, 3.05) is 11.9 Å². The van der Waals surface area contributed by atoms with E-state index < -0.39 is 12.0 Å². The van der Waals surface area contributed by atoms with Crippen LogP contribution >= 0.6 is 11.3 Å². The number of carboxylic acids is 1. The minimum absolute atomic E-state index is 0.0407. The molecule has 17 heavy (non-hydrogen) atoms. The monoisotopic (exact) mass is 258 g/mol. The van der Waals surface area contributed by atoms with Crippen LogP contribution in [-0.4, -0.2) is 33.8 Å². The fourth-order valence-electron chi connectivity index (χ4n) is 1.03. The maximum absolute atomic E-state index is 11.3. The molecule has 94 valence electrons. The van der Waals surface area contributed by atoms with E-state index in [1.807, 2.05) is 6.92 Å². The largest absolute Gasteiger partial charge is 0.481 e. The topological polar surface area (TPSA) is 104 Å². The highest BCUT2D eigenvalue weighted by atomic mass is 32.1. The van der Waals surface area contributed by atoms with Crippen molar-refractivity contribution in [2.45, 2.75) is 26.2 Å². The third-order valence-corrected chi connectivity index (χ3v) is 2.83. The van der Waals surface area contributed by atoms with Crippen LogP contribution in [0.4, 0.5) is 9.93 Å². The van der Waals surface area contributed by atoms with Crippen LogP contribution in [0.25, 0.3) is 0 Å². The van der Waals surface area contributed by atoms with Crippen LogP contribution in [0, 0.1) is 0 Å². The number of carboxylic acid groups (broad SMARTS) is 1. The van der Waals surface area contributed by atoms with Crippen LogP contribution in [-0.2, 0) is 11.2 Å². The van der Waals surface area contributed by atoms with E-state index in [4.69, 9.17) is 5.11 Å². The van der Waals surface area contributed by atoms with Crippen molar-refractivity contribution in [3.63, 3.8) is 0 Å². The first-order valence-electron chi connectivity index (χ1n) is 5.21. The minimum Gasteiger partial charge on any atom is -0.481 e. The second kappa shape index (κ2) is 6.79. The van der Waals surface area contributed by atoms with E-state index >= 15 is 0 Å². The molecule has 0 bridgehead atoms. The average molecular weight is 258 g/mol. The lowest BCUT2D eigenvalue weighted by Crippen LogP contribution is -2.29. The molecular weight excluding hydrogens is 244 g/mol. The summed E-state index contributed by atoms with van der Waals surface area (Å²) >= 11 is 1.32. The van der Waals surface area contributed by atoms with Crippen molar-refractivity contribution in [2.24, 2.45) is 0 Å². The first kappa shape index (κ1) is 13.4. The van der Waals surface area contributed by atoms with Crippen molar-refractivity contribution >= 4 is 28.5 Å². The number of hydrogen-bond donors (Lipinski definition) is 3. The van der Waals surface area contributed by atoms with Crippen molar-refractivity contribution in [3.05, 3.63) is 5.01 Å². The van der Waals surface area contributed by atoms with Gasteiger partial charge in [0.15, 0.2) is 0 Å². The second-order valence-corrected chi connectivity index (χ2v) is 4.29. The normalized spacial score (nSPS) is 9.94. The van der Waals surface area contributed by atoms with E-state index in [0.29, 0.717) is 18.1 Å². The lowest BCUT2D eigenvalue weighted by atomic mass is 10.3. The molecule has 0 aliphatic carbocycles. The number of amides is 2. The Kier molecular flexibility index (Phi) is 5.34. The Bertz CT molecular complexity index is 393. The third-order valence-electron chi connectivity index (χ3n) is 1.84. The molecule has 7 nitrogen and oxygen atoms in total. The number of anilines is 1. The summed E-state index contributed by atoms with van der Waals surface area (Å²) in [5, 5.41) is 22.4. The summed E-state index contributed by atoms with van der Waals surface area (Å²) in [6.07, 6.45) is 1.22. The number of aryl methyl sites for hydroxylation is 1. The number of carbonyl (C=O) groups excluding carboxylic acids is 1. The van der Waals surface area contributed by atoms with Gasteiger partial charge in [-0.05, 0) is 12.8 Å². The summed E-state index contributed by atoms with van der Waals surface area (Å²) in [4.78, 5) is 21.5. The summed E-state index contributed by atoms with van der Waals surface area (Å²) < 4.78 is 0. The molecule has 2 amide bonds. The Labute approximate surface area is 102 Å². The van der Waals surface area contributed by atoms with Crippen LogP contribution in [0.1, 0.15) is 24.8 Å². The van der Waals surface area contributed by atoms with Gasteiger partial charge >= 0.3 is 12.0 Å². The first-order chi connectivity index (χ1) is 8.11. The fraction of sp³-hybridized carbons (Fsp3) is 0.556. The van der Waals surface area contributed by atoms with Crippen molar-refractivity contribution < 1.29 is 14.7 Å². The lowest BCUT2D eigenvalue weighted by molar-refractivity contribution is -0.137. The average Bonchev–Trinajstić information content (AvgIpc) is 2.72. The van der Waals surface area contributed by atoms with E-state index in [1.165, 1.54) is 11.3 Å². The predicted molar refractivity (Wildman–Crippen MR) is 63.2 cm³/mol. The summed E-state index contributed by atoms with van der Waals surface area (Å²) in [6.45, 7) is 2.27. The maximum atomic E-state index is 11.3. The van der Waals surface area contributed by atoms with Crippen molar-refractivity contribution in [1.29, 1.82) is 0 Å². The smallest absolute Gasteiger partial charge is 0.321 e. The molecule has 8 heteroatoms.